The number of aryl methyl sites for hydroxylation is 2. The molecule has 1 aliphatic rings. The molecule has 0 bridgehead atoms. The maximum absolute atomic E-state index is 11.7. The molecule has 0 saturated heterocycles. The van der Waals surface area contributed by atoms with E-state index in [2.05, 4.69) is 66.4 Å². The van der Waals surface area contributed by atoms with Crippen molar-refractivity contribution in [3.05, 3.63) is 102 Å². The van der Waals surface area contributed by atoms with Crippen LogP contribution in [0.5, 0.6) is 0 Å². The lowest BCUT2D eigenvalue weighted by molar-refractivity contribution is 0.0697. The average molecular weight is 503 g/mol. The summed E-state index contributed by atoms with van der Waals surface area (Å²) in [5, 5.41) is 17.3. The number of benzene rings is 4. The predicted molar refractivity (Wildman–Crippen MR) is 154 cm³/mol. The van der Waals surface area contributed by atoms with Crippen molar-refractivity contribution in [2.75, 3.05) is 10.6 Å². The van der Waals surface area contributed by atoms with Crippen LogP contribution < -0.4 is 10.6 Å². The monoisotopic (exact) mass is 502 g/mol. The van der Waals surface area contributed by atoms with E-state index >= 15 is 0 Å². The number of imidazole rings is 1. The van der Waals surface area contributed by atoms with Crippen LogP contribution in [-0.2, 0) is 12.7 Å². The van der Waals surface area contributed by atoms with Crippen molar-refractivity contribution in [1.29, 1.82) is 0 Å². The summed E-state index contributed by atoms with van der Waals surface area (Å²) in [6, 6.07) is 27.9. The van der Waals surface area contributed by atoms with Gasteiger partial charge in [-0.3, -0.25) is 0 Å². The molecule has 38 heavy (non-hydrogen) atoms. The summed E-state index contributed by atoms with van der Waals surface area (Å²) in [6.45, 7) is 4.32. The first-order valence-electron chi connectivity index (χ1n) is 13.0. The van der Waals surface area contributed by atoms with Crippen molar-refractivity contribution in [2.24, 2.45) is 7.05 Å². The van der Waals surface area contributed by atoms with Crippen LogP contribution >= 0.6 is 0 Å². The molecule has 6 heteroatoms. The predicted octanol–water partition coefficient (Wildman–Crippen LogP) is 7.40. The zero-order chi connectivity index (χ0) is 26.4. The lowest BCUT2D eigenvalue weighted by atomic mass is 9.92. The zero-order valence-electron chi connectivity index (χ0n) is 21.7. The number of nitrogens with one attached hydrogen (secondary N) is 2. The van der Waals surface area contributed by atoms with Crippen LogP contribution in [0.1, 0.15) is 41.3 Å². The van der Waals surface area contributed by atoms with Crippen LogP contribution in [0, 0.1) is 6.92 Å². The smallest absolute Gasteiger partial charge is 0.336 e. The van der Waals surface area contributed by atoms with Gasteiger partial charge in [-0.2, -0.15) is 0 Å². The molecule has 0 aliphatic carbocycles. The number of carbonyl (C=O) groups is 1. The third-order valence-electron chi connectivity index (χ3n) is 7.54. The van der Waals surface area contributed by atoms with Gasteiger partial charge in [0.15, 0.2) is 0 Å². The van der Waals surface area contributed by atoms with Crippen LogP contribution in [0.3, 0.4) is 0 Å². The van der Waals surface area contributed by atoms with Gasteiger partial charge in [-0.05, 0) is 65.9 Å². The number of nitrogens with zero attached hydrogens (tertiary/aromatic N) is 2. The number of carboxylic acids is 1. The molecule has 0 saturated carbocycles. The molecule has 6 nitrogen and oxygen atoms in total. The number of fused-ring (bicyclic) bond motifs is 2. The fourth-order valence-electron chi connectivity index (χ4n) is 5.70. The van der Waals surface area contributed by atoms with Gasteiger partial charge >= 0.3 is 5.97 Å². The van der Waals surface area contributed by atoms with Crippen LogP contribution in [0.15, 0.2) is 84.9 Å². The highest BCUT2D eigenvalue weighted by atomic mass is 16.4. The van der Waals surface area contributed by atoms with Gasteiger partial charge < -0.3 is 20.3 Å². The second-order valence-electron chi connectivity index (χ2n) is 10.0. The maximum atomic E-state index is 11.7. The van der Waals surface area contributed by atoms with E-state index in [1.54, 1.807) is 12.1 Å². The summed E-state index contributed by atoms with van der Waals surface area (Å²) in [4.78, 5) is 16.7. The van der Waals surface area contributed by atoms with Crippen molar-refractivity contribution < 1.29 is 9.90 Å². The quantitative estimate of drug-likeness (QED) is 0.225. The zero-order valence-corrected chi connectivity index (χ0v) is 21.7. The van der Waals surface area contributed by atoms with E-state index in [0.29, 0.717) is 5.56 Å². The summed E-state index contributed by atoms with van der Waals surface area (Å²) >= 11 is 0. The lowest BCUT2D eigenvalue weighted by Crippen LogP contribution is -2.38. The van der Waals surface area contributed by atoms with E-state index in [1.807, 2.05) is 42.5 Å². The van der Waals surface area contributed by atoms with Gasteiger partial charge in [0.05, 0.1) is 28.0 Å². The van der Waals surface area contributed by atoms with Crippen molar-refractivity contribution in [2.45, 2.75) is 32.4 Å². The van der Waals surface area contributed by atoms with E-state index in [0.717, 1.165) is 68.9 Å². The van der Waals surface area contributed by atoms with Gasteiger partial charge in [-0.15, -0.1) is 0 Å². The van der Waals surface area contributed by atoms with Crippen molar-refractivity contribution in [1.82, 2.24) is 9.55 Å². The van der Waals surface area contributed by atoms with Crippen molar-refractivity contribution in [3.63, 3.8) is 0 Å². The summed E-state index contributed by atoms with van der Waals surface area (Å²) in [5.41, 5.74) is 9.03. The molecular formula is C32H30N4O2. The minimum atomic E-state index is -0.923. The Morgan fingerprint density at radius 2 is 1.68 bits per heavy atom. The Kier molecular flexibility index (Phi) is 5.68. The number of rotatable bonds is 6. The minimum absolute atomic E-state index is 0.304. The highest BCUT2D eigenvalue weighted by Crippen LogP contribution is 2.46. The molecule has 0 radical (unpaired) electrons. The molecule has 0 amide bonds. The first kappa shape index (κ1) is 23.8. The van der Waals surface area contributed by atoms with E-state index in [1.165, 1.54) is 0 Å². The molecule has 190 valence electrons. The SMILES string of the molecule is CCCC1(c2ccc(-c3ccccc3C(=O)O)cc2)Nc2cc(-c3nc4ccccc4n3C)cc(C)c2N1. The van der Waals surface area contributed by atoms with E-state index in [-0.39, 0.29) is 0 Å². The third kappa shape index (κ3) is 3.80. The molecule has 0 spiro atoms. The Morgan fingerprint density at radius 1 is 0.947 bits per heavy atom. The van der Waals surface area contributed by atoms with Gasteiger partial charge in [0.25, 0.3) is 0 Å². The molecule has 6 rings (SSSR count). The van der Waals surface area contributed by atoms with Crippen LogP contribution in [0.4, 0.5) is 11.4 Å². The van der Waals surface area contributed by atoms with Crippen molar-refractivity contribution >= 4 is 28.4 Å². The van der Waals surface area contributed by atoms with E-state index in [9.17, 15) is 9.90 Å². The van der Waals surface area contributed by atoms with Gasteiger partial charge in [-0.1, -0.05) is 67.9 Å². The number of para-hydroxylation sites is 2. The number of aromatic carboxylic acids is 1. The molecule has 0 fully saturated rings. The molecule has 1 atom stereocenters. The van der Waals surface area contributed by atoms with Crippen LogP contribution in [-0.4, -0.2) is 20.6 Å². The van der Waals surface area contributed by atoms with Gasteiger partial charge in [-0.25, -0.2) is 9.78 Å². The number of hydrogen-bond donors (Lipinski definition) is 3. The number of hydrogen-bond acceptors (Lipinski definition) is 4. The molecule has 1 aliphatic heterocycles. The van der Waals surface area contributed by atoms with E-state index in [4.69, 9.17) is 4.98 Å². The molecule has 1 aromatic heterocycles. The molecule has 4 aromatic carbocycles. The second kappa shape index (κ2) is 9.06. The van der Waals surface area contributed by atoms with Gasteiger partial charge in [0.1, 0.15) is 11.5 Å². The first-order chi connectivity index (χ1) is 18.4. The van der Waals surface area contributed by atoms with Gasteiger partial charge in [0.2, 0.25) is 0 Å². The van der Waals surface area contributed by atoms with Gasteiger partial charge in [0, 0.05) is 12.6 Å². The average Bonchev–Trinajstić information content (AvgIpc) is 3.48. The number of carboxylic acid groups (broad SMARTS) is 1. The third-order valence-corrected chi connectivity index (χ3v) is 7.54. The van der Waals surface area contributed by atoms with Crippen LogP contribution in [0.25, 0.3) is 33.5 Å². The number of anilines is 2. The largest absolute Gasteiger partial charge is 0.478 e. The maximum Gasteiger partial charge on any atom is 0.336 e. The highest BCUT2D eigenvalue weighted by Gasteiger charge is 2.38. The fourth-order valence-corrected chi connectivity index (χ4v) is 5.70. The van der Waals surface area contributed by atoms with Crippen molar-refractivity contribution in [3.8, 4) is 22.5 Å². The molecule has 2 heterocycles. The molecule has 3 N–H and O–H groups in total. The summed E-state index contributed by atoms with van der Waals surface area (Å²) < 4.78 is 2.14. The Bertz CT molecular complexity index is 1690. The molecular weight excluding hydrogens is 472 g/mol. The Balaban J connectivity index is 1.38. The Hall–Kier alpha value is -4.58. The Labute approximate surface area is 222 Å². The highest BCUT2D eigenvalue weighted by molar-refractivity contribution is 5.96. The molecule has 1 unspecified atom stereocenters. The number of aromatic nitrogens is 2. The first-order valence-corrected chi connectivity index (χ1v) is 13.0. The van der Waals surface area contributed by atoms with E-state index < -0.39 is 11.6 Å². The second-order valence-corrected chi connectivity index (χ2v) is 10.0. The topological polar surface area (TPSA) is 79.2 Å². The standard InChI is InChI=1S/C32H30N4O2/c1-4-17-32(23-15-13-21(14-16-23)24-9-5-6-10-25(24)31(37)38)34-27-19-22(18-20(2)29(27)35-32)30-33-26-11-7-8-12-28(26)36(30)3/h5-16,18-19,34-35H,4,17H2,1-3H3,(H,37,38). The summed E-state index contributed by atoms with van der Waals surface area (Å²) in [5.74, 6) is 0.0157. The summed E-state index contributed by atoms with van der Waals surface area (Å²) in [7, 11) is 2.06. The summed E-state index contributed by atoms with van der Waals surface area (Å²) in [6.07, 6.45) is 1.86. The van der Waals surface area contributed by atoms with Crippen LogP contribution in [0.2, 0.25) is 0 Å². The molecule has 5 aromatic rings. The fraction of sp³-hybridized carbons (Fsp3) is 0.188. The lowest BCUT2D eigenvalue weighted by Gasteiger charge is -2.31. The Morgan fingerprint density at radius 3 is 2.42 bits per heavy atom. The minimum Gasteiger partial charge on any atom is -0.478 e. The normalized spacial score (nSPS) is 16.2.